The van der Waals surface area contributed by atoms with Crippen LogP contribution in [0.5, 0.6) is 0 Å². The highest BCUT2D eigenvalue weighted by atomic mass is 32.1. The maximum Gasteiger partial charge on any atom is 0.161 e. The van der Waals surface area contributed by atoms with Gasteiger partial charge in [0.2, 0.25) is 0 Å². The number of nitrogens with one attached hydrogen (secondary N) is 1. The molecule has 0 saturated heterocycles. The van der Waals surface area contributed by atoms with Crippen LogP contribution < -0.4 is 11.3 Å². The number of nitrogens with two attached hydrogens (primary N) is 1. The first-order valence-corrected chi connectivity index (χ1v) is 7.24. The molecule has 1 aliphatic carbocycles. The SMILES string of the molecule is COC(c1nc(NN)c2c(C)c(C)sc2n1)C1CC1. The van der Waals surface area contributed by atoms with Gasteiger partial charge >= 0.3 is 0 Å². The van der Waals surface area contributed by atoms with Crippen molar-refractivity contribution in [3.63, 3.8) is 0 Å². The number of hydrogen-bond donors (Lipinski definition) is 2. The zero-order valence-electron chi connectivity index (χ0n) is 11.4. The number of aryl methyl sites for hydroxylation is 2. The molecule has 1 fully saturated rings. The fraction of sp³-hybridized carbons (Fsp3) is 0.538. The number of thiophene rings is 1. The largest absolute Gasteiger partial charge is 0.373 e. The Morgan fingerprint density at radius 1 is 1.37 bits per heavy atom. The summed E-state index contributed by atoms with van der Waals surface area (Å²) < 4.78 is 5.56. The van der Waals surface area contributed by atoms with Crippen LogP contribution in [0.1, 0.15) is 35.2 Å². The minimum absolute atomic E-state index is 0.0146. The molecular formula is C13H18N4OS. The van der Waals surface area contributed by atoms with Crippen molar-refractivity contribution in [1.29, 1.82) is 0 Å². The van der Waals surface area contributed by atoms with Gasteiger partial charge in [-0.3, -0.25) is 0 Å². The Balaban J connectivity index is 2.16. The van der Waals surface area contributed by atoms with Crippen molar-refractivity contribution < 1.29 is 4.74 Å². The van der Waals surface area contributed by atoms with Crippen LogP contribution in [0.4, 0.5) is 5.82 Å². The second kappa shape index (κ2) is 4.70. The van der Waals surface area contributed by atoms with E-state index in [-0.39, 0.29) is 6.10 Å². The summed E-state index contributed by atoms with van der Waals surface area (Å²) in [5.74, 6) is 7.61. The number of nitrogens with zero attached hydrogens (tertiary/aromatic N) is 2. The molecule has 2 aromatic heterocycles. The first-order valence-electron chi connectivity index (χ1n) is 6.42. The highest BCUT2D eigenvalue weighted by Crippen LogP contribution is 2.43. The lowest BCUT2D eigenvalue weighted by Gasteiger charge is -2.14. The number of ether oxygens (including phenoxy) is 1. The Labute approximate surface area is 116 Å². The summed E-state index contributed by atoms with van der Waals surface area (Å²) in [7, 11) is 1.72. The number of anilines is 1. The van der Waals surface area contributed by atoms with Crippen molar-refractivity contribution in [2.45, 2.75) is 32.8 Å². The molecule has 0 spiro atoms. The molecular weight excluding hydrogens is 260 g/mol. The molecule has 2 heterocycles. The van der Waals surface area contributed by atoms with Crippen LogP contribution in [0.25, 0.3) is 10.2 Å². The first kappa shape index (κ1) is 12.8. The zero-order valence-corrected chi connectivity index (χ0v) is 12.2. The Bertz CT molecular complexity index is 621. The summed E-state index contributed by atoms with van der Waals surface area (Å²) in [6, 6.07) is 0. The van der Waals surface area contributed by atoms with E-state index in [0.717, 1.165) is 16.0 Å². The van der Waals surface area contributed by atoms with E-state index in [2.05, 4.69) is 29.2 Å². The lowest BCUT2D eigenvalue weighted by Crippen LogP contribution is -2.14. The van der Waals surface area contributed by atoms with Gasteiger partial charge < -0.3 is 10.2 Å². The van der Waals surface area contributed by atoms with E-state index in [1.807, 2.05) is 0 Å². The van der Waals surface area contributed by atoms with Crippen LogP contribution in [0.15, 0.2) is 0 Å². The average Bonchev–Trinajstić information content (AvgIpc) is 3.18. The summed E-state index contributed by atoms with van der Waals surface area (Å²) in [5, 5.41) is 1.03. The van der Waals surface area contributed by atoms with Gasteiger partial charge in [0, 0.05) is 12.0 Å². The molecule has 1 aliphatic rings. The summed E-state index contributed by atoms with van der Waals surface area (Å²) in [4.78, 5) is 11.5. The van der Waals surface area contributed by atoms with Crippen molar-refractivity contribution in [1.82, 2.24) is 9.97 Å². The minimum atomic E-state index is -0.0146. The Kier molecular flexibility index (Phi) is 3.16. The van der Waals surface area contributed by atoms with Crippen LogP contribution in [-0.4, -0.2) is 17.1 Å². The van der Waals surface area contributed by atoms with E-state index in [9.17, 15) is 0 Å². The second-order valence-electron chi connectivity index (χ2n) is 5.03. The zero-order chi connectivity index (χ0) is 13.6. The predicted octanol–water partition coefficient (Wildman–Crippen LogP) is 2.69. The lowest BCUT2D eigenvalue weighted by atomic mass is 10.2. The number of fused-ring (bicyclic) bond motifs is 1. The van der Waals surface area contributed by atoms with Crippen molar-refractivity contribution in [2.75, 3.05) is 12.5 Å². The normalized spacial score (nSPS) is 16.8. The molecule has 3 N–H and O–H groups in total. The molecule has 2 aromatic rings. The summed E-state index contributed by atoms with van der Waals surface area (Å²) in [5.41, 5.74) is 3.90. The Hall–Kier alpha value is -1.24. The number of methoxy groups -OCH3 is 1. The quantitative estimate of drug-likeness (QED) is 0.664. The van der Waals surface area contributed by atoms with Crippen LogP contribution in [0.2, 0.25) is 0 Å². The minimum Gasteiger partial charge on any atom is -0.373 e. The van der Waals surface area contributed by atoms with Crippen LogP contribution in [0, 0.1) is 19.8 Å². The van der Waals surface area contributed by atoms with E-state index in [1.54, 1.807) is 18.4 Å². The summed E-state index contributed by atoms with van der Waals surface area (Å²) in [6.45, 7) is 4.17. The van der Waals surface area contributed by atoms with Crippen LogP contribution in [-0.2, 0) is 4.74 Å². The smallest absolute Gasteiger partial charge is 0.161 e. The van der Waals surface area contributed by atoms with Gasteiger partial charge in [-0.2, -0.15) is 0 Å². The third kappa shape index (κ3) is 2.09. The van der Waals surface area contributed by atoms with Gasteiger partial charge in [0.25, 0.3) is 0 Å². The lowest BCUT2D eigenvalue weighted by molar-refractivity contribution is 0.0776. The predicted molar refractivity (Wildman–Crippen MR) is 77.2 cm³/mol. The van der Waals surface area contributed by atoms with E-state index >= 15 is 0 Å². The average molecular weight is 278 g/mol. The molecule has 0 amide bonds. The number of nitrogen functional groups attached to an aromatic ring is 1. The molecule has 1 atom stereocenters. The van der Waals surface area contributed by atoms with Gasteiger partial charge in [0.05, 0.1) is 5.39 Å². The number of aromatic nitrogens is 2. The van der Waals surface area contributed by atoms with E-state index in [4.69, 9.17) is 10.6 Å². The van der Waals surface area contributed by atoms with E-state index < -0.39 is 0 Å². The van der Waals surface area contributed by atoms with Gasteiger partial charge in [-0.25, -0.2) is 15.8 Å². The molecule has 1 saturated carbocycles. The fourth-order valence-corrected chi connectivity index (χ4v) is 3.44. The van der Waals surface area contributed by atoms with Gasteiger partial charge in [-0.1, -0.05) is 0 Å². The van der Waals surface area contributed by atoms with Gasteiger partial charge in [-0.15, -0.1) is 11.3 Å². The van der Waals surface area contributed by atoms with Gasteiger partial charge in [-0.05, 0) is 38.2 Å². The standard InChI is InChI=1S/C13H18N4OS/c1-6-7(2)19-13-9(6)11(17-14)15-12(16-13)10(18-3)8-4-5-8/h8,10H,4-5,14H2,1-3H3,(H,15,16,17). The van der Waals surface area contributed by atoms with Crippen LogP contribution >= 0.6 is 11.3 Å². The van der Waals surface area contributed by atoms with Crippen molar-refractivity contribution >= 4 is 27.4 Å². The molecule has 0 bridgehead atoms. The molecule has 5 nitrogen and oxygen atoms in total. The van der Waals surface area contributed by atoms with Gasteiger partial charge in [0.15, 0.2) is 11.6 Å². The van der Waals surface area contributed by atoms with Crippen molar-refractivity contribution in [3.8, 4) is 0 Å². The second-order valence-corrected chi connectivity index (χ2v) is 6.24. The third-order valence-electron chi connectivity index (χ3n) is 3.74. The molecule has 6 heteroatoms. The Morgan fingerprint density at radius 2 is 2.11 bits per heavy atom. The molecule has 0 radical (unpaired) electrons. The Morgan fingerprint density at radius 3 is 2.68 bits per heavy atom. The molecule has 19 heavy (non-hydrogen) atoms. The molecule has 1 unspecified atom stereocenters. The van der Waals surface area contributed by atoms with Crippen LogP contribution in [0.3, 0.4) is 0 Å². The summed E-state index contributed by atoms with van der Waals surface area (Å²) >= 11 is 1.68. The van der Waals surface area contributed by atoms with Gasteiger partial charge in [0.1, 0.15) is 10.9 Å². The molecule has 0 aromatic carbocycles. The maximum atomic E-state index is 5.62. The summed E-state index contributed by atoms with van der Waals surface area (Å²) in [6.07, 6.45) is 2.36. The number of rotatable bonds is 4. The molecule has 3 rings (SSSR count). The number of hydrazine groups is 1. The molecule has 102 valence electrons. The molecule has 0 aliphatic heterocycles. The van der Waals surface area contributed by atoms with Crippen molar-refractivity contribution in [3.05, 3.63) is 16.3 Å². The maximum absolute atomic E-state index is 5.62. The third-order valence-corrected chi connectivity index (χ3v) is 4.84. The van der Waals surface area contributed by atoms with Crippen molar-refractivity contribution in [2.24, 2.45) is 11.8 Å². The first-order chi connectivity index (χ1) is 9.15. The fourth-order valence-electron chi connectivity index (χ4n) is 2.41. The highest BCUT2D eigenvalue weighted by molar-refractivity contribution is 7.18. The highest BCUT2D eigenvalue weighted by Gasteiger charge is 2.35. The monoisotopic (exact) mass is 278 g/mol. The topological polar surface area (TPSA) is 73.1 Å². The van der Waals surface area contributed by atoms with E-state index in [1.165, 1.54) is 23.3 Å². The van der Waals surface area contributed by atoms with E-state index in [0.29, 0.717) is 11.7 Å². The number of hydrogen-bond acceptors (Lipinski definition) is 6.